The summed E-state index contributed by atoms with van der Waals surface area (Å²) in [6, 6.07) is 7.31. The first-order valence-electron chi connectivity index (χ1n) is 6.43. The van der Waals surface area contributed by atoms with Crippen molar-refractivity contribution in [3.63, 3.8) is 0 Å². The molecule has 3 aromatic heterocycles. The van der Waals surface area contributed by atoms with E-state index in [0.29, 0.717) is 17.0 Å². The number of pyridine rings is 1. The van der Waals surface area contributed by atoms with Gasteiger partial charge in [-0.1, -0.05) is 0 Å². The Hall–Kier alpha value is -2.21. The number of hydrogen-bond acceptors (Lipinski definition) is 3. The predicted octanol–water partition coefficient (Wildman–Crippen LogP) is 3.36. The molecule has 0 unspecified atom stereocenters. The van der Waals surface area contributed by atoms with E-state index in [0.717, 1.165) is 15.9 Å². The smallest absolute Gasteiger partial charge is 0.260 e. The second-order valence-corrected chi connectivity index (χ2v) is 5.69. The Morgan fingerprint density at radius 2 is 2.10 bits per heavy atom. The summed E-state index contributed by atoms with van der Waals surface area (Å²) >= 11 is 3.31. The summed E-state index contributed by atoms with van der Waals surface area (Å²) in [7, 11) is 0. The summed E-state index contributed by atoms with van der Waals surface area (Å²) < 4.78 is 2.76. The third-order valence-electron chi connectivity index (χ3n) is 3.15. The molecule has 0 spiro atoms. The molecule has 1 N–H and O–H groups in total. The van der Waals surface area contributed by atoms with Crippen molar-refractivity contribution in [1.29, 1.82) is 0 Å². The van der Waals surface area contributed by atoms with Crippen LogP contribution in [0.5, 0.6) is 0 Å². The number of aromatic nitrogens is 3. The molecule has 0 bridgehead atoms. The van der Waals surface area contributed by atoms with Crippen molar-refractivity contribution in [3.05, 3.63) is 58.1 Å². The first-order valence-corrected chi connectivity index (χ1v) is 7.22. The molecule has 0 saturated heterocycles. The van der Waals surface area contributed by atoms with E-state index in [4.69, 9.17) is 0 Å². The van der Waals surface area contributed by atoms with Crippen molar-refractivity contribution in [1.82, 2.24) is 14.4 Å². The summed E-state index contributed by atoms with van der Waals surface area (Å²) in [5.74, 6) is 0.289. The van der Waals surface area contributed by atoms with E-state index in [2.05, 4.69) is 31.2 Å². The maximum absolute atomic E-state index is 12.4. The number of carbonyl (C=O) groups excluding carboxylic acids is 1. The minimum atomic E-state index is -0.218. The summed E-state index contributed by atoms with van der Waals surface area (Å²) in [6.45, 7) is 3.90. The third kappa shape index (κ3) is 2.67. The Kier molecular flexibility index (Phi) is 3.47. The molecule has 0 fully saturated rings. The summed E-state index contributed by atoms with van der Waals surface area (Å²) in [5, 5.41) is 2.78. The highest BCUT2D eigenvalue weighted by molar-refractivity contribution is 9.10. The molecule has 5 nitrogen and oxygen atoms in total. The van der Waals surface area contributed by atoms with E-state index < -0.39 is 0 Å². The first kappa shape index (κ1) is 13.8. The van der Waals surface area contributed by atoms with Crippen LogP contribution >= 0.6 is 15.9 Å². The van der Waals surface area contributed by atoms with Gasteiger partial charge in [0.1, 0.15) is 11.5 Å². The van der Waals surface area contributed by atoms with E-state index in [-0.39, 0.29) is 5.91 Å². The normalized spacial score (nSPS) is 10.8. The van der Waals surface area contributed by atoms with Gasteiger partial charge in [0, 0.05) is 28.3 Å². The summed E-state index contributed by atoms with van der Waals surface area (Å²) in [5.41, 5.74) is 3.11. The van der Waals surface area contributed by atoms with Crippen molar-refractivity contribution >= 4 is 33.3 Å². The largest absolute Gasteiger partial charge is 0.306 e. The van der Waals surface area contributed by atoms with Gasteiger partial charge in [0.15, 0.2) is 0 Å². The van der Waals surface area contributed by atoms with Crippen LogP contribution in [0.2, 0.25) is 0 Å². The number of anilines is 1. The molecule has 0 radical (unpaired) electrons. The topological polar surface area (TPSA) is 59.3 Å². The molecule has 6 heteroatoms. The lowest BCUT2D eigenvalue weighted by Gasteiger charge is -2.05. The molecular formula is C15H13BrN4O. The van der Waals surface area contributed by atoms with Crippen LogP contribution in [0.25, 0.3) is 5.65 Å². The van der Waals surface area contributed by atoms with Gasteiger partial charge in [0.25, 0.3) is 5.91 Å². The molecule has 0 aliphatic heterocycles. The number of hydrogen-bond donors (Lipinski definition) is 1. The third-order valence-corrected chi connectivity index (χ3v) is 3.62. The van der Waals surface area contributed by atoms with E-state index in [1.807, 2.05) is 36.6 Å². The van der Waals surface area contributed by atoms with Crippen LogP contribution in [0.3, 0.4) is 0 Å². The van der Waals surface area contributed by atoms with E-state index in [1.54, 1.807) is 18.3 Å². The number of nitrogens with zero attached hydrogens (tertiary/aromatic N) is 3. The zero-order valence-corrected chi connectivity index (χ0v) is 13.2. The lowest BCUT2D eigenvalue weighted by Crippen LogP contribution is -2.13. The van der Waals surface area contributed by atoms with E-state index in [9.17, 15) is 4.79 Å². The second kappa shape index (κ2) is 5.29. The number of rotatable bonds is 2. The van der Waals surface area contributed by atoms with Crippen LogP contribution in [-0.4, -0.2) is 20.3 Å². The molecule has 1 amide bonds. The molecule has 21 heavy (non-hydrogen) atoms. The Balaban J connectivity index is 1.96. The maximum atomic E-state index is 12.4. The quantitative estimate of drug-likeness (QED) is 0.775. The SMILES string of the molecule is Cc1cc(C)n2ccc(C(=O)Nc3ccc(Br)cn3)c2n1. The van der Waals surface area contributed by atoms with Crippen LogP contribution in [0.15, 0.2) is 41.1 Å². The number of fused-ring (bicyclic) bond motifs is 1. The van der Waals surface area contributed by atoms with Gasteiger partial charge in [0.05, 0.1) is 5.56 Å². The molecule has 0 aliphatic carbocycles. The van der Waals surface area contributed by atoms with Gasteiger partial charge in [-0.25, -0.2) is 9.97 Å². The van der Waals surface area contributed by atoms with E-state index >= 15 is 0 Å². The van der Waals surface area contributed by atoms with Crippen molar-refractivity contribution in [2.24, 2.45) is 0 Å². The Morgan fingerprint density at radius 1 is 1.29 bits per heavy atom. The number of carbonyl (C=O) groups is 1. The van der Waals surface area contributed by atoms with Gasteiger partial charge in [-0.2, -0.15) is 0 Å². The standard InChI is InChI=1S/C15H13BrN4O/c1-9-7-10(2)20-6-5-12(14(20)18-9)15(21)19-13-4-3-11(16)8-17-13/h3-8H,1-2H3,(H,17,19,21). The lowest BCUT2D eigenvalue weighted by molar-refractivity contribution is 0.102. The zero-order chi connectivity index (χ0) is 15.0. The molecule has 3 aromatic rings. The predicted molar refractivity (Wildman–Crippen MR) is 84.6 cm³/mol. The second-order valence-electron chi connectivity index (χ2n) is 4.78. The highest BCUT2D eigenvalue weighted by Gasteiger charge is 2.14. The van der Waals surface area contributed by atoms with Crippen LogP contribution < -0.4 is 5.32 Å². The summed E-state index contributed by atoms with van der Waals surface area (Å²) in [4.78, 5) is 21.0. The van der Waals surface area contributed by atoms with Crippen LogP contribution in [0.1, 0.15) is 21.7 Å². The fourth-order valence-electron chi connectivity index (χ4n) is 2.20. The van der Waals surface area contributed by atoms with Crippen LogP contribution in [-0.2, 0) is 0 Å². The summed E-state index contributed by atoms with van der Waals surface area (Å²) in [6.07, 6.45) is 3.49. The molecule has 0 aromatic carbocycles. The van der Waals surface area contributed by atoms with Crippen molar-refractivity contribution in [3.8, 4) is 0 Å². The Morgan fingerprint density at radius 3 is 2.81 bits per heavy atom. The van der Waals surface area contributed by atoms with Crippen molar-refractivity contribution in [2.45, 2.75) is 13.8 Å². The molecule has 3 heterocycles. The molecular weight excluding hydrogens is 332 g/mol. The van der Waals surface area contributed by atoms with E-state index in [1.165, 1.54) is 0 Å². The van der Waals surface area contributed by atoms with Crippen molar-refractivity contribution in [2.75, 3.05) is 5.32 Å². The highest BCUT2D eigenvalue weighted by Crippen LogP contribution is 2.16. The van der Waals surface area contributed by atoms with Gasteiger partial charge in [-0.15, -0.1) is 0 Å². The van der Waals surface area contributed by atoms with Gasteiger partial charge in [-0.3, -0.25) is 4.79 Å². The Bertz CT molecular complexity index is 824. The molecule has 3 rings (SSSR count). The van der Waals surface area contributed by atoms with Crippen LogP contribution in [0.4, 0.5) is 5.82 Å². The fourth-order valence-corrected chi connectivity index (χ4v) is 2.44. The molecule has 0 saturated carbocycles. The maximum Gasteiger partial charge on any atom is 0.260 e. The van der Waals surface area contributed by atoms with Gasteiger partial charge in [0.2, 0.25) is 0 Å². The average Bonchev–Trinajstić information content (AvgIpc) is 2.85. The monoisotopic (exact) mass is 344 g/mol. The van der Waals surface area contributed by atoms with Gasteiger partial charge >= 0.3 is 0 Å². The average molecular weight is 345 g/mol. The van der Waals surface area contributed by atoms with Gasteiger partial charge < -0.3 is 9.72 Å². The number of nitrogens with one attached hydrogen (secondary N) is 1. The molecule has 0 atom stereocenters. The minimum Gasteiger partial charge on any atom is -0.306 e. The van der Waals surface area contributed by atoms with Crippen molar-refractivity contribution < 1.29 is 4.79 Å². The first-order chi connectivity index (χ1) is 10.0. The number of amides is 1. The lowest BCUT2D eigenvalue weighted by atomic mass is 10.3. The van der Waals surface area contributed by atoms with Gasteiger partial charge in [-0.05, 0) is 54.0 Å². The minimum absolute atomic E-state index is 0.218. The number of halogens is 1. The molecule has 106 valence electrons. The Labute approximate surface area is 130 Å². The highest BCUT2D eigenvalue weighted by atomic mass is 79.9. The zero-order valence-electron chi connectivity index (χ0n) is 11.6. The molecule has 0 aliphatic rings. The van der Waals surface area contributed by atoms with Crippen LogP contribution in [0, 0.1) is 13.8 Å². The number of aryl methyl sites for hydroxylation is 2. The fraction of sp³-hybridized carbons (Fsp3) is 0.133.